The molecule has 2 N–H and O–H groups in total. The van der Waals surface area contributed by atoms with Crippen LogP contribution in [-0.4, -0.2) is 39.0 Å². The summed E-state index contributed by atoms with van der Waals surface area (Å²) < 4.78 is 2.17. The molecule has 0 aliphatic carbocycles. The SMILES string of the molecule is CCNC(=O)CNC(=O)c1cnc2c(c1)c(=O)n(C)c(=O)n2C. The molecular formula is C14H17N5O4. The van der Waals surface area contributed by atoms with Crippen LogP contribution in [0.1, 0.15) is 17.3 Å². The number of carbonyl (C=O) groups is 2. The van der Waals surface area contributed by atoms with E-state index in [0.717, 1.165) is 4.57 Å². The van der Waals surface area contributed by atoms with Crippen molar-refractivity contribution in [2.75, 3.05) is 13.1 Å². The average molecular weight is 319 g/mol. The Kier molecular flexibility index (Phi) is 4.58. The molecule has 23 heavy (non-hydrogen) atoms. The molecule has 9 nitrogen and oxygen atoms in total. The molecule has 2 heterocycles. The van der Waals surface area contributed by atoms with E-state index < -0.39 is 17.2 Å². The van der Waals surface area contributed by atoms with Crippen LogP contribution < -0.4 is 21.9 Å². The molecule has 0 unspecified atom stereocenters. The molecule has 0 atom stereocenters. The Balaban J connectivity index is 2.37. The highest BCUT2D eigenvalue weighted by atomic mass is 16.2. The highest BCUT2D eigenvalue weighted by Crippen LogP contribution is 2.07. The summed E-state index contributed by atoms with van der Waals surface area (Å²) in [7, 11) is 2.85. The second kappa shape index (κ2) is 6.42. The predicted molar refractivity (Wildman–Crippen MR) is 83.2 cm³/mol. The Morgan fingerprint density at radius 1 is 1.17 bits per heavy atom. The van der Waals surface area contributed by atoms with Crippen molar-refractivity contribution in [1.82, 2.24) is 24.8 Å². The van der Waals surface area contributed by atoms with Gasteiger partial charge in [0.15, 0.2) is 0 Å². The van der Waals surface area contributed by atoms with E-state index in [1.54, 1.807) is 6.92 Å². The normalized spacial score (nSPS) is 10.6. The third-order valence-corrected chi connectivity index (χ3v) is 3.34. The van der Waals surface area contributed by atoms with Gasteiger partial charge >= 0.3 is 5.69 Å². The van der Waals surface area contributed by atoms with E-state index in [4.69, 9.17) is 0 Å². The Labute approximate surface area is 130 Å². The fourth-order valence-electron chi connectivity index (χ4n) is 2.11. The molecule has 0 aliphatic heterocycles. The van der Waals surface area contributed by atoms with Gasteiger partial charge < -0.3 is 10.6 Å². The fraction of sp³-hybridized carbons (Fsp3) is 0.357. The summed E-state index contributed by atoms with van der Waals surface area (Å²) in [5, 5.41) is 5.14. The van der Waals surface area contributed by atoms with E-state index in [1.165, 1.54) is 30.9 Å². The van der Waals surface area contributed by atoms with Gasteiger partial charge in [0.2, 0.25) is 5.91 Å². The second-order valence-electron chi connectivity index (χ2n) is 4.94. The van der Waals surface area contributed by atoms with Crippen molar-refractivity contribution in [3.63, 3.8) is 0 Å². The molecule has 2 aromatic rings. The van der Waals surface area contributed by atoms with Crippen LogP contribution in [0, 0.1) is 0 Å². The molecule has 9 heteroatoms. The van der Waals surface area contributed by atoms with Crippen molar-refractivity contribution in [2.24, 2.45) is 14.1 Å². The van der Waals surface area contributed by atoms with E-state index in [2.05, 4.69) is 15.6 Å². The fourth-order valence-corrected chi connectivity index (χ4v) is 2.11. The van der Waals surface area contributed by atoms with Gasteiger partial charge in [-0.2, -0.15) is 0 Å². The van der Waals surface area contributed by atoms with Gasteiger partial charge in [-0.25, -0.2) is 9.78 Å². The van der Waals surface area contributed by atoms with E-state index >= 15 is 0 Å². The smallest absolute Gasteiger partial charge is 0.332 e. The number of rotatable bonds is 4. The first-order valence-electron chi connectivity index (χ1n) is 6.97. The van der Waals surface area contributed by atoms with Gasteiger partial charge in [0.05, 0.1) is 17.5 Å². The van der Waals surface area contributed by atoms with Crippen molar-refractivity contribution in [2.45, 2.75) is 6.92 Å². The maximum absolute atomic E-state index is 12.1. The van der Waals surface area contributed by atoms with Gasteiger partial charge in [0.1, 0.15) is 5.65 Å². The van der Waals surface area contributed by atoms with Crippen molar-refractivity contribution < 1.29 is 9.59 Å². The largest absolute Gasteiger partial charge is 0.355 e. The zero-order valence-corrected chi connectivity index (χ0v) is 13.0. The number of fused-ring (bicyclic) bond motifs is 1. The lowest BCUT2D eigenvalue weighted by atomic mass is 10.2. The predicted octanol–water partition coefficient (Wildman–Crippen LogP) is -1.50. The summed E-state index contributed by atoms with van der Waals surface area (Å²) in [6, 6.07) is 1.36. The minimum absolute atomic E-state index is 0.137. The van der Waals surface area contributed by atoms with E-state index in [9.17, 15) is 19.2 Å². The molecule has 0 aromatic carbocycles. The van der Waals surface area contributed by atoms with Crippen LogP contribution in [-0.2, 0) is 18.9 Å². The van der Waals surface area contributed by atoms with Gasteiger partial charge in [0.25, 0.3) is 11.5 Å². The summed E-state index contributed by atoms with van der Waals surface area (Å²) in [6.07, 6.45) is 1.26. The van der Waals surface area contributed by atoms with Gasteiger partial charge in [0, 0.05) is 26.8 Å². The molecule has 0 fully saturated rings. The lowest BCUT2D eigenvalue weighted by molar-refractivity contribution is -0.120. The van der Waals surface area contributed by atoms with Crippen LogP contribution in [0.3, 0.4) is 0 Å². The first kappa shape index (κ1) is 16.4. The number of aryl methyl sites for hydroxylation is 1. The molecule has 0 aliphatic rings. The number of nitrogens with one attached hydrogen (secondary N) is 2. The third kappa shape index (κ3) is 3.12. The minimum Gasteiger partial charge on any atom is -0.355 e. The summed E-state index contributed by atoms with van der Waals surface area (Å²) in [4.78, 5) is 51.4. The maximum atomic E-state index is 12.1. The zero-order valence-electron chi connectivity index (χ0n) is 13.0. The molecule has 2 rings (SSSR count). The van der Waals surface area contributed by atoms with Crippen LogP contribution in [0.2, 0.25) is 0 Å². The van der Waals surface area contributed by atoms with E-state index in [-0.39, 0.29) is 29.0 Å². The molecule has 122 valence electrons. The van der Waals surface area contributed by atoms with Crippen molar-refractivity contribution in [3.8, 4) is 0 Å². The van der Waals surface area contributed by atoms with Crippen molar-refractivity contribution in [3.05, 3.63) is 38.7 Å². The number of pyridine rings is 1. The number of likely N-dealkylation sites (N-methyl/N-ethyl adjacent to an activating group) is 1. The van der Waals surface area contributed by atoms with Crippen LogP contribution in [0.5, 0.6) is 0 Å². The minimum atomic E-state index is -0.533. The second-order valence-corrected chi connectivity index (χ2v) is 4.94. The molecule has 0 saturated carbocycles. The van der Waals surface area contributed by atoms with Gasteiger partial charge in [-0.15, -0.1) is 0 Å². The zero-order chi connectivity index (χ0) is 17.1. The summed E-state index contributed by atoms with van der Waals surface area (Å²) in [5.41, 5.74) is -0.701. The van der Waals surface area contributed by atoms with Crippen LogP contribution in [0.4, 0.5) is 0 Å². The van der Waals surface area contributed by atoms with Crippen molar-refractivity contribution >= 4 is 22.8 Å². The molecular weight excluding hydrogens is 302 g/mol. The Hall–Kier alpha value is -2.97. The van der Waals surface area contributed by atoms with Gasteiger partial charge in [-0.05, 0) is 13.0 Å². The van der Waals surface area contributed by atoms with Crippen LogP contribution in [0.15, 0.2) is 21.9 Å². The highest BCUT2D eigenvalue weighted by molar-refractivity contribution is 5.98. The highest BCUT2D eigenvalue weighted by Gasteiger charge is 2.14. The average Bonchev–Trinajstić information content (AvgIpc) is 2.55. The topological polar surface area (TPSA) is 115 Å². The Morgan fingerprint density at radius 3 is 2.52 bits per heavy atom. The van der Waals surface area contributed by atoms with Gasteiger partial charge in [-0.3, -0.25) is 23.5 Å². The first-order valence-corrected chi connectivity index (χ1v) is 6.97. The number of amides is 2. The summed E-state index contributed by atoms with van der Waals surface area (Å²) in [6.45, 7) is 2.07. The Bertz CT molecular complexity index is 896. The number of aromatic nitrogens is 3. The lowest BCUT2D eigenvalue weighted by Crippen LogP contribution is -2.38. The van der Waals surface area contributed by atoms with E-state index in [1.807, 2.05) is 0 Å². The third-order valence-electron chi connectivity index (χ3n) is 3.34. The summed E-state index contributed by atoms with van der Waals surface area (Å²) >= 11 is 0. The molecule has 2 amide bonds. The number of hydrogen-bond donors (Lipinski definition) is 2. The monoisotopic (exact) mass is 319 g/mol. The quantitative estimate of drug-likeness (QED) is 0.711. The number of carbonyl (C=O) groups excluding carboxylic acids is 2. The first-order chi connectivity index (χ1) is 10.9. The number of nitrogens with zero attached hydrogens (tertiary/aromatic N) is 3. The lowest BCUT2D eigenvalue weighted by Gasteiger charge is -2.08. The maximum Gasteiger partial charge on any atom is 0.332 e. The standard InChI is InChI=1S/C14H17N5O4/c1-4-15-10(20)7-17-12(21)8-5-9-11(16-6-8)18(2)14(23)19(3)13(9)22/h5-6H,4,7H2,1-3H3,(H,15,20)(H,17,21). The van der Waals surface area contributed by atoms with Crippen LogP contribution >= 0.6 is 0 Å². The molecule has 0 saturated heterocycles. The number of hydrogen-bond acceptors (Lipinski definition) is 5. The summed E-state index contributed by atoms with van der Waals surface area (Å²) in [5.74, 6) is -0.838. The van der Waals surface area contributed by atoms with Crippen LogP contribution in [0.25, 0.3) is 11.0 Å². The molecule has 0 bridgehead atoms. The molecule has 0 spiro atoms. The molecule has 0 radical (unpaired) electrons. The Morgan fingerprint density at radius 2 is 1.87 bits per heavy atom. The van der Waals surface area contributed by atoms with Crippen molar-refractivity contribution in [1.29, 1.82) is 0 Å². The van der Waals surface area contributed by atoms with Gasteiger partial charge in [-0.1, -0.05) is 0 Å². The van der Waals surface area contributed by atoms with E-state index in [0.29, 0.717) is 6.54 Å². The molecule has 2 aromatic heterocycles.